The summed E-state index contributed by atoms with van der Waals surface area (Å²) in [5.41, 5.74) is 0.692. The molecule has 1 aliphatic heterocycles. The van der Waals surface area contributed by atoms with E-state index >= 15 is 0 Å². The van der Waals surface area contributed by atoms with Gasteiger partial charge in [-0.25, -0.2) is 0 Å². The predicted octanol–water partition coefficient (Wildman–Crippen LogP) is 2.71. The molecule has 0 bridgehead atoms. The van der Waals surface area contributed by atoms with Crippen molar-refractivity contribution in [2.24, 2.45) is 0 Å². The number of ether oxygens (including phenoxy) is 1. The molecule has 1 aliphatic rings. The number of halogens is 1. The van der Waals surface area contributed by atoms with Crippen molar-refractivity contribution in [2.45, 2.75) is 23.5 Å². The maximum Gasteiger partial charge on any atom is 0.307 e. The molecular formula is C12H12ClNO3S. The minimum atomic E-state index is -0.489. The van der Waals surface area contributed by atoms with E-state index in [1.807, 2.05) is 0 Å². The van der Waals surface area contributed by atoms with Crippen LogP contribution in [0.3, 0.4) is 0 Å². The standard InChI is InChI=1S/C12H12ClNO3S/c1-2-17-10(15)6-9-12(16)14-8-5-3-4-7(13)11(8)18-9/h3-5,9H,2,6H2,1H3,(H,14,16). The van der Waals surface area contributed by atoms with E-state index in [1.165, 1.54) is 11.8 Å². The monoisotopic (exact) mass is 285 g/mol. The number of hydrogen-bond donors (Lipinski definition) is 1. The Morgan fingerprint density at radius 2 is 2.33 bits per heavy atom. The molecule has 0 radical (unpaired) electrons. The molecule has 1 unspecified atom stereocenters. The van der Waals surface area contributed by atoms with Crippen LogP contribution in [-0.2, 0) is 14.3 Å². The largest absolute Gasteiger partial charge is 0.466 e. The summed E-state index contributed by atoms with van der Waals surface area (Å²) in [6.45, 7) is 2.05. The van der Waals surface area contributed by atoms with Gasteiger partial charge in [0, 0.05) is 0 Å². The number of nitrogens with one attached hydrogen (secondary N) is 1. The van der Waals surface area contributed by atoms with Gasteiger partial charge in [-0.1, -0.05) is 17.7 Å². The molecule has 0 spiro atoms. The maximum absolute atomic E-state index is 11.8. The number of esters is 1. The second-order valence-corrected chi connectivity index (χ2v) is 5.34. The van der Waals surface area contributed by atoms with Gasteiger partial charge in [0.15, 0.2) is 0 Å². The van der Waals surface area contributed by atoms with Crippen molar-refractivity contribution in [3.8, 4) is 0 Å². The molecule has 0 saturated heterocycles. The quantitative estimate of drug-likeness (QED) is 0.868. The third kappa shape index (κ3) is 2.79. The number of amides is 1. The van der Waals surface area contributed by atoms with Gasteiger partial charge in [0.2, 0.25) is 5.91 Å². The molecular weight excluding hydrogens is 274 g/mol. The highest BCUT2D eigenvalue weighted by atomic mass is 35.5. The number of carbonyl (C=O) groups is 2. The maximum atomic E-state index is 11.8. The smallest absolute Gasteiger partial charge is 0.307 e. The molecule has 18 heavy (non-hydrogen) atoms. The van der Waals surface area contributed by atoms with Crippen molar-refractivity contribution in [1.82, 2.24) is 0 Å². The molecule has 0 aliphatic carbocycles. The first-order valence-electron chi connectivity index (χ1n) is 5.53. The third-order valence-corrected chi connectivity index (χ3v) is 4.20. The molecule has 4 nitrogen and oxygen atoms in total. The van der Waals surface area contributed by atoms with Gasteiger partial charge in [0.25, 0.3) is 0 Å². The van der Waals surface area contributed by atoms with E-state index in [9.17, 15) is 9.59 Å². The number of thioether (sulfide) groups is 1. The van der Waals surface area contributed by atoms with Crippen LogP contribution in [0.5, 0.6) is 0 Å². The van der Waals surface area contributed by atoms with E-state index < -0.39 is 5.25 Å². The van der Waals surface area contributed by atoms with E-state index in [0.717, 1.165) is 4.90 Å². The van der Waals surface area contributed by atoms with E-state index in [4.69, 9.17) is 16.3 Å². The zero-order valence-corrected chi connectivity index (χ0v) is 11.3. The minimum absolute atomic E-state index is 0.0506. The Labute approximate surface area is 114 Å². The summed E-state index contributed by atoms with van der Waals surface area (Å²) in [6.07, 6.45) is 0.0506. The Balaban J connectivity index is 2.15. The van der Waals surface area contributed by atoms with Gasteiger partial charge in [0.05, 0.1) is 33.9 Å². The Kier molecular flexibility index (Phi) is 4.14. The van der Waals surface area contributed by atoms with Gasteiger partial charge in [-0.2, -0.15) is 0 Å². The zero-order valence-electron chi connectivity index (χ0n) is 9.73. The van der Waals surface area contributed by atoms with Crippen LogP contribution in [0.4, 0.5) is 5.69 Å². The van der Waals surface area contributed by atoms with Gasteiger partial charge in [-0.15, -0.1) is 11.8 Å². The molecule has 1 heterocycles. The Morgan fingerprint density at radius 1 is 1.56 bits per heavy atom. The van der Waals surface area contributed by atoms with E-state index in [0.29, 0.717) is 17.3 Å². The fraction of sp³-hybridized carbons (Fsp3) is 0.333. The van der Waals surface area contributed by atoms with Crippen molar-refractivity contribution in [1.29, 1.82) is 0 Å². The van der Waals surface area contributed by atoms with Gasteiger partial charge in [-0.3, -0.25) is 9.59 Å². The molecule has 0 aromatic heterocycles. The number of fused-ring (bicyclic) bond motifs is 1. The number of anilines is 1. The average Bonchev–Trinajstić information content (AvgIpc) is 2.31. The number of rotatable bonds is 3. The highest BCUT2D eigenvalue weighted by Crippen LogP contribution is 2.41. The van der Waals surface area contributed by atoms with Gasteiger partial charge >= 0.3 is 5.97 Å². The predicted molar refractivity (Wildman–Crippen MR) is 71.0 cm³/mol. The molecule has 2 rings (SSSR count). The first-order valence-corrected chi connectivity index (χ1v) is 6.79. The number of carbonyl (C=O) groups excluding carboxylic acids is 2. The van der Waals surface area contributed by atoms with Crippen LogP contribution in [0.15, 0.2) is 23.1 Å². The molecule has 1 amide bonds. The lowest BCUT2D eigenvalue weighted by Gasteiger charge is -2.24. The number of hydrogen-bond acceptors (Lipinski definition) is 4. The van der Waals surface area contributed by atoms with Crippen molar-refractivity contribution in [2.75, 3.05) is 11.9 Å². The number of benzene rings is 1. The van der Waals surface area contributed by atoms with Crippen LogP contribution in [0.2, 0.25) is 5.02 Å². The van der Waals surface area contributed by atoms with Crippen LogP contribution in [0.25, 0.3) is 0 Å². The summed E-state index contributed by atoms with van der Waals surface area (Å²) in [7, 11) is 0. The second-order valence-electron chi connectivity index (χ2n) is 3.72. The molecule has 1 atom stereocenters. The summed E-state index contributed by atoms with van der Waals surface area (Å²) < 4.78 is 4.85. The van der Waals surface area contributed by atoms with Crippen LogP contribution in [-0.4, -0.2) is 23.7 Å². The Bertz CT molecular complexity index is 492. The lowest BCUT2D eigenvalue weighted by Crippen LogP contribution is -2.31. The third-order valence-electron chi connectivity index (χ3n) is 2.43. The SMILES string of the molecule is CCOC(=O)CC1Sc2c(Cl)cccc2NC1=O. The highest BCUT2D eigenvalue weighted by Gasteiger charge is 2.30. The van der Waals surface area contributed by atoms with E-state index in [2.05, 4.69) is 5.32 Å². The van der Waals surface area contributed by atoms with Crippen molar-refractivity contribution >= 4 is 40.9 Å². The summed E-state index contributed by atoms with van der Waals surface area (Å²) in [4.78, 5) is 24.0. The zero-order chi connectivity index (χ0) is 13.1. The fourth-order valence-electron chi connectivity index (χ4n) is 1.64. The van der Waals surface area contributed by atoms with E-state index in [-0.39, 0.29) is 18.3 Å². The average molecular weight is 286 g/mol. The summed E-state index contributed by atoms with van der Waals surface area (Å²) in [6, 6.07) is 5.31. The second kappa shape index (κ2) is 5.63. The van der Waals surface area contributed by atoms with Crippen molar-refractivity contribution in [3.05, 3.63) is 23.2 Å². The Morgan fingerprint density at radius 3 is 3.06 bits per heavy atom. The van der Waals surface area contributed by atoms with Crippen molar-refractivity contribution < 1.29 is 14.3 Å². The molecule has 1 N–H and O–H groups in total. The summed E-state index contributed by atoms with van der Waals surface area (Å²) >= 11 is 7.37. The summed E-state index contributed by atoms with van der Waals surface area (Å²) in [5.74, 6) is -0.566. The van der Waals surface area contributed by atoms with Gasteiger partial charge < -0.3 is 10.1 Å². The van der Waals surface area contributed by atoms with Crippen LogP contribution < -0.4 is 5.32 Å². The van der Waals surface area contributed by atoms with Gasteiger partial charge in [-0.05, 0) is 19.1 Å². The molecule has 1 aromatic rings. The first-order chi connectivity index (χ1) is 8.61. The highest BCUT2D eigenvalue weighted by molar-refractivity contribution is 8.01. The van der Waals surface area contributed by atoms with Gasteiger partial charge in [0.1, 0.15) is 0 Å². The molecule has 6 heteroatoms. The Hall–Kier alpha value is -1.20. The minimum Gasteiger partial charge on any atom is -0.466 e. The topological polar surface area (TPSA) is 55.4 Å². The van der Waals surface area contributed by atoms with Crippen molar-refractivity contribution in [3.63, 3.8) is 0 Å². The first kappa shape index (κ1) is 13.2. The lowest BCUT2D eigenvalue weighted by atomic mass is 10.2. The van der Waals surface area contributed by atoms with Crippen LogP contribution >= 0.6 is 23.4 Å². The van der Waals surface area contributed by atoms with E-state index in [1.54, 1.807) is 25.1 Å². The molecule has 0 fully saturated rings. The lowest BCUT2D eigenvalue weighted by molar-refractivity contribution is -0.143. The van der Waals surface area contributed by atoms with Crippen LogP contribution in [0, 0.1) is 0 Å². The van der Waals surface area contributed by atoms with Crippen LogP contribution in [0.1, 0.15) is 13.3 Å². The normalized spacial score (nSPS) is 17.9. The molecule has 1 aromatic carbocycles. The summed E-state index contributed by atoms with van der Waals surface area (Å²) in [5, 5.41) is 2.83. The molecule has 0 saturated carbocycles. The molecule has 96 valence electrons. The fourth-order valence-corrected chi connectivity index (χ4v) is 3.05.